The van der Waals surface area contributed by atoms with Gasteiger partial charge >= 0.3 is 0 Å². The lowest BCUT2D eigenvalue weighted by atomic mass is 10.0. The lowest BCUT2D eigenvalue weighted by molar-refractivity contribution is 0.627. The molecule has 2 rings (SSSR count). The maximum Gasteiger partial charge on any atom is 0.0410 e. The van der Waals surface area contributed by atoms with Crippen LogP contribution in [0, 0.1) is 0 Å². The average molecular weight is 268 g/mol. The first-order chi connectivity index (χ1) is 7.24. The number of halogens is 1. The zero-order chi connectivity index (χ0) is 10.7. The Bertz CT molecular complexity index is 376. The standard InChI is InChI=1S/C11H14BrN3/c12-10-2-8(4-14-6-10)1-9-3-11(13)7-15-5-9/h2-4,6,11,15H,1,5,7,13H2. The molecule has 0 bridgehead atoms. The highest BCUT2D eigenvalue weighted by Crippen LogP contribution is 2.14. The first-order valence-corrected chi connectivity index (χ1v) is 5.78. The van der Waals surface area contributed by atoms with Crippen LogP contribution in [0.1, 0.15) is 5.56 Å². The summed E-state index contributed by atoms with van der Waals surface area (Å²) in [5.74, 6) is 0. The molecule has 0 saturated heterocycles. The Morgan fingerprint density at radius 1 is 1.53 bits per heavy atom. The average Bonchev–Trinajstić information content (AvgIpc) is 2.17. The van der Waals surface area contributed by atoms with E-state index in [2.05, 4.69) is 38.4 Å². The Morgan fingerprint density at radius 3 is 3.13 bits per heavy atom. The second-order valence-corrected chi connectivity index (χ2v) is 4.72. The first-order valence-electron chi connectivity index (χ1n) is 4.99. The van der Waals surface area contributed by atoms with Crippen LogP contribution >= 0.6 is 15.9 Å². The monoisotopic (exact) mass is 267 g/mol. The second kappa shape index (κ2) is 4.88. The molecule has 0 saturated carbocycles. The smallest absolute Gasteiger partial charge is 0.0410 e. The maximum atomic E-state index is 5.84. The second-order valence-electron chi connectivity index (χ2n) is 3.81. The molecule has 3 N–H and O–H groups in total. The van der Waals surface area contributed by atoms with Crippen molar-refractivity contribution in [1.82, 2.24) is 10.3 Å². The van der Waals surface area contributed by atoms with E-state index in [0.29, 0.717) is 0 Å². The van der Waals surface area contributed by atoms with Crippen molar-refractivity contribution >= 4 is 15.9 Å². The van der Waals surface area contributed by atoms with Gasteiger partial charge in [0, 0.05) is 36.0 Å². The number of nitrogens with zero attached hydrogens (tertiary/aromatic N) is 1. The van der Waals surface area contributed by atoms with E-state index in [4.69, 9.17) is 5.73 Å². The van der Waals surface area contributed by atoms with E-state index in [1.54, 1.807) is 6.20 Å². The Balaban J connectivity index is 2.08. The van der Waals surface area contributed by atoms with E-state index < -0.39 is 0 Å². The summed E-state index contributed by atoms with van der Waals surface area (Å²) in [5, 5.41) is 3.29. The summed E-state index contributed by atoms with van der Waals surface area (Å²) in [6, 6.07) is 2.24. The predicted octanol–water partition coefficient (Wildman–Crippen LogP) is 1.24. The SMILES string of the molecule is NC1C=C(Cc2cncc(Br)c2)CNC1. The molecule has 15 heavy (non-hydrogen) atoms. The van der Waals surface area contributed by atoms with E-state index in [-0.39, 0.29) is 6.04 Å². The van der Waals surface area contributed by atoms with Gasteiger partial charge in [0.05, 0.1) is 0 Å². The van der Waals surface area contributed by atoms with Gasteiger partial charge in [0.25, 0.3) is 0 Å². The van der Waals surface area contributed by atoms with Crippen LogP contribution in [0.15, 0.2) is 34.6 Å². The number of nitrogens with two attached hydrogens (primary N) is 1. The molecule has 1 aromatic heterocycles. The van der Waals surface area contributed by atoms with Gasteiger partial charge in [-0.25, -0.2) is 0 Å². The fraction of sp³-hybridized carbons (Fsp3) is 0.364. The molecule has 1 aliphatic heterocycles. The summed E-state index contributed by atoms with van der Waals surface area (Å²) in [5.41, 5.74) is 8.40. The fourth-order valence-corrected chi connectivity index (χ4v) is 2.17. The van der Waals surface area contributed by atoms with E-state index >= 15 is 0 Å². The first kappa shape index (κ1) is 10.8. The lowest BCUT2D eigenvalue weighted by Crippen LogP contribution is -2.38. The minimum absolute atomic E-state index is 0.147. The fourth-order valence-electron chi connectivity index (χ4n) is 1.76. The van der Waals surface area contributed by atoms with E-state index in [9.17, 15) is 0 Å². The number of pyridine rings is 1. The zero-order valence-electron chi connectivity index (χ0n) is 8.41. The van der Waals surface area contributed by atoms with Gasteiger partial charge in [0.1, 0.15) is 0 Å². The Morgan fingerprint density at radius 2 is 2.40 bits per heavy atom. The predicted molar refractivity (Wildman–Crippen MR) is 64.6 cm³/mol. The number of aromatic nitrogens is 1. The van der Waals surface area contributed by atoms with Crippen LogP contribution in [-0.4, -0.2) is 24.1 Å². The van der Waals surface area contributed by atoms with Crippen molar-refractivity contribution in [2.45, 2.75) is 12.5 Å². The molecule has 0 amide bonds. The van der Waals surface area contributed by atoms with Crippen LogP contribution in [0.4, 0.5) is 0 Å². The Hall–Kier alpha value is -0.710. The highest BCUT2D eigenvalue weighted by Gasteiger charge is 2.09. The minimum Gasteiger partial charge on any atom is -0.323 e. The van der Waals surface area contributed by atoms with Crippen LogP contribution in [0.25, 0.3) is 0 Å². The lowest BCUT2D eigenvalue weighted by Gasteiger charge is -2.19. The van der Waals surface area contributed by atoms with Gasteiger partial charge in [0.2, 0.25) is 0 Å². The van der Waals surface area contributed by atoms with Crippen LogP contribution in [-0.2, 0) is 6.42 Å². The summed E-state index contributed by atoms with van der Waals surface area (Å²) >= 11 is 3.42. The van der Waals surface area contributed by atoms with Gasteiger partial charge in [-0.3, -0.25) is 4.98 Å². The molecule has 2 heterocycles. The topological polar surface area (TPSA) is 50.9 Å². The van der Waals surface area contributed by atoms with Gasteiger partial charge in [-0.15, -0.1) is 0 Å². The van der Waals surface area contributed by atoms with Crippen molar-refractivity contribution in [2.24, 2.45) is 5.73 Å². The van der Waals surface area contributed by atoms with E-state index in [1.165, 1.54) is 11.1 Å². The van der Waals surface area contributed by atoms with Crippen LogP contribution in [0.5, 0.6) is 0 Å². The van der Waals surface area contributed by atoms with Crippen molar-refractivity contribution in [2.75, 3.05) is 13.1 Å². The molecule has 80 valence electrons. The summed E-state index contributed by atoms with van der Waals surface area (Å²) < 4.78 is 1.02. The van der Waals surface area contributed by atoms with Gasteiger partial charge in [-0.1, -0.05) is 11.6 Å². The largest absolute Gasteiger partial charge is 0.323 e. The number of hydrogen-bond acceptors (Lipinski definition) is 3. The molecule has 1 aliphatic rings. The third kappa shape index (κ3) is 3.12. The molecule has 0 aliphatic carbocycles. The van der Waals surface area contributed by atoms with E-state index in [1.807, 2.05) is 6.20 Å². The van der Waals surface area contributed by atoms with Gasteiger partial charge in [-0.2, -0.15) is 0 Å². The number of nitrogens with one attached hydrogen (secondary N) is 1. The molecular weight excluding hydrogens is 254 g/mol. The van der Waals surface area contributed by atoms with Crippen molar-refractivity contribution in [1.29, 1.82) is 0 Å². The van der Waals surface area contributed by atoms with Gasteiger partial charge < -0.3 is 11.1 Å². The summed E-state index contributed by atoms with van der Waals surface area (Å²) in [7, 11) is 0. The molecule has 0 spiro atoms. The Kier molecular flexibility index (Phi) is 3.51. The molecule has 0 radical (unpaired) electrons. The molecule has 0 fully saturated rings. The van der Waals surface area contributed by atoms with Crippen LogP contribution < -0.4 is 11.1 Å². The molecule has 1 atom stereocenters. The normalized spacial score (nSPS) is 21.2. The highest BCUT2D eigenvalue weighted by molar-refractivity contribution is 9.10. The third-order valence-corrected chi connectivity index (χ3v) is 2.81. The van der Waals surface area contributed by atoms with E-state index in [0.717, 1.165) is 24.0 Å². The molecule has 0 aromatic carbocycles. The Labute approximate surface area is 97.9 Å². The zero-order valence-corrected chi connectivity index (χ0v) is 10.00. The summed E-state index contributed by atoms with van der Waals surface area (Å²) in [6.07, 6.45) is 6.76. The number of rotatable bonds is 2. The molecule has 1 unspecified atom stereocenters. The molecule has 4 heteroatoms. The van der Waals surface area contributed by atoms with Crippen LogP contribution in [0.2, 0.25) is 0 Å². The van der Waals surface area contributed by atoms with Crippen LogP contribution in [0.3, 0.4) is 0 Å². The molecule has 3 nitrogen and oxygen atoms in total. The quantitative estimate of drug-likeness (QED) is 0.793. The summed E-state index contributed by atoms with van der Waals surface area (Å²) in [6.45, 7) is 1.81. The third-order valence-electron chi connectivity index (χ3n) is 2.37. The molecule has 1 aromatic rings. The van der Waals surface area contributed by atoms with Gasteiger partial charge in [0.15, 0.2) is 0 Å². The summed E-state index contributed by atoms with van der Waals surface area (Å²) in [4.78, 5) is 4.14. The van der Waals surface area contributed by atoms with Crippen molar-refractivity contribution < 1.29 is 0 Å². The highest BCUT2D eigenvalue weighted by atomic mass is 79.9. The minimum atomic E-state index is 0.147. The number of hydrogen-bond donors (Lipinski definition) is 2. The van der Waals surface area contributed by atoms with Crippen molar-refractivity contribution in [3.63, 3.8) is 0 Å². The van der Waals surface area contributed by atoms with Crippen molar-refractivity contribution in [3.8, 4) is 0 Å². The molecular formula is C11H14BrN3. The van der Waals surface area contributed by atoms with Crippen molar-refractivity contribution in [3.05, 3.63) is 40.1 Å². The maximum absolute atomic E-state index is 5.84. The van der Waals surface area contributed by atoms with Gasteiger partial charge in [-0.05, 0) is 34.0 Å².